The molecular weight excluding hydrogens is 234 g/mol. The van der Waals surface area contributed by atoms with E-state index in [4.69, 9.17) is 9.47 Å². The van der Waals surface area contributed by atoms with E-state index in [2.05, 4.69) is 0 Å². The Morgan fingerprint density at radius 2 is 2.06 bits per heavy atom. The molecule has 5 heteroatoms. The minimum atomic E-state index is -0.494. The van der Waals surface area contributed by atoms with Gasteiger partial charge in [-0.15, -0.1) is 0 Å². The molecule has 1 N–H and O–H groups in total. The molecule has 2 rings (SSSR count). The maximum atomic E-state index is 12.1. The molecule has 0 aromatic rings. The zero-order valence-electron chi connectivity index (χ0n) is 11.4. The van der Waals surface area contributed by atoms with E-state index in [1.54, 1.807) is 4.90 Å². The molecule has 2 bridgehead atoms. The van der Waals surface area contributed by atoms with Crippen molar-refractivity contribution in [2.45, 2.75) is 57.7 Å². The van der Waals surface area contributed by atoms with Crippen LogP contribution in [-0.2, 0) is 9.47 Å². The topological polar surface area (TPSA) is 59.0 Å². The van der Waals surface area contributed by atoms with E-state index in [1.165, 1.54) is 7.11 Å². The summed E-state index contributed by atoms with van der Waals surface area (Å²) in [6.45, 7) is 5.56. The van der Waals surface area contributed by atoms with Crippen LogP contribution < -0.4 is 0 Å². The van der Waals surface area contributed by atoms with Crippen molar-refractivity contribution in [1.29, 1.82) is 0 Å². The van der Waals surface area contributed by atoms with Gasteiger partial charge in [-0.05, 0) is 40.0 Å². The standard InChI is InChI=1S/C13H21NO4/c1-13(2,3)18-12(16)14-8-5-6-10(14)9(7-8)11(15)17-4/h8,10,15H,5-7H2,1-4H3/b11-9+/t8-,10+/m0/s1. The van der Waals surface area contributed by atoms with Gasteiger partial charge in [-0.3, -0.25) is 4.90 Å². The summed E-state index contributed by atoms with van der Waals surface area (Å²) in [6.07, 6.45) is 2.22. The highest BCUT2D eigenvalue weighted by Crippen LogP contribution is 2.43. The maximum Gasteiger partial charge on any atom is 0.411 e. The quantitative estimate of drug-likeness (QED) is 0.732. The third kappa shape index (κ3) is 2.26. The van der Waals surface area contributed by atoms with Crippen molar-refractivity contribution in [2.24, 2.45) is 0 Å². The van der Waals surface area contributed by atoms with Crippen molar-refractivity contribution in [1.82, 2.24) is 4.90 Å². The van der Waals surface area contributed by atoms with Gasteiger partial charge in [0.2, 0.25) is 0 Å². The lowest BCUT2D eigenvalue weighted by atomic mass is 9.96. The van der Waals surface area contributed by atoms with Gasteiger partial charge < -0.3 is 14.6 Å². The number of rotatable bonds is 1. The summed E-state index contributed by atoms with van der Waals surface area (Å²) in [5.41, 5.74) is 0.325. The van der Waals surface area contributed by atoms with E-state index in [-0.39, 0.29) is 24.1 Å². The predicted molar refractivity (Wildman–Crippen MR) is 66.2 cm³/mol. The second-order valence-corrected chi connectivity index (χ2v) is 5.87. The molecule has 2 aliphatic heterocycles. The van der Waals surface area contributed by atoms with Crippen LogP contribution in [0, 0.1) is 0 Å². The lowest BCUT2D eigenvalue weighted by molar-refractivity contribution is 0.0222. The van der Waals surface area contributed by atoms with Crippen LogP contribution >= 0.6 is 0 Å². The molecule has 0 radical (unpaired) electrons. The summed E-state index contributed by atoms with van der Waals surface area (Å²) in [6, 6.07) is 0.0712. The molecule has 0 aromatic carbocycles. The molecule has 5 nitrogen and oxygen atoms in total. The van der Waals surface area contributed by atoms with Crippen molar-refractivity contribution in [2.75, 3.05) is 7.11 Å². The first-order chi connectivity index (χ1) is 8.33. The number of amides is 1. The van der Waals surface area contributed by atoms with Gasteiger partial charge in [0.05, 0.1) is 13.2 Å². The van der Waals surface area contributed by atoms with Crippen LogP contribution in [0.3, 0.4) is 0 Å². The number of methoxy groups -OCH3 is 1. The zero-order chi connectivity index (χ0) is 13.5. The fraction of sp³-hybridized carbons (Fsp3) is 0.769. The monoisotopic (exact) mass is 255 g/mol. The lowest BCUT2D eigenvalue weighted by Gasteiger charge is -2.27. The predicted octanol–water partition coefficient (Wildman–Crippen LogP) is 2.57. The Morgan fingerprint density at radius 1 is 1.39 bits per heavy atom. The fourth-order valence-electron chi connectivity index (χ4n) is 2.77. The molecule has 0 spiro atoms. The van der Waals surface area contributed by atoms with E-state index in [0.29, 0.717) is 6.42 Å². The van der Waals surface area contributed by atoms with Crippen molar-refractivity contribution < 1.29 is 19.4 Å². The average molecular weight is 255 g/mol. The summed E-state index contributed by atoms with van der Waals surface area (Å²) >= 11 is 0. The minimum absolute atomic E-state index is 0.0456. The summed E-state index contributed by atoms with van der Waals surface area (Å²) < 4.78 is 10.3. The lowest BCUT2D eigenvalue weighted by Crippen LogP contribution is -2.39. The number of carbonyl (C=O) groups excluding carboxylic acids is 1. The van der Waals surface area contributed by atoms with Gasteiger partial charge in [0.1, 0.15) is 5.60 Å². The van der Waals surface area contributed by atoms with E-state index >= 15 is 0 Å². The molecule has 18 heavy (non-hydrogen) atoms. The molecule has 0 aliphatic carbocycles. The summed E-state index contributed by atoms with van der Waals surface area (Å²) in [7, 11) is 1.44. The number of hydrogen-bond acceptors (Lipinski definition) is 4. The molecule has 1 amide bonds. The molecular formula is C13H21NO4. The van der Waals surface area contributed by atoms with Crippen molar-refractivity contribution in [3.63, 3.8) is 0 Å². The fourth-order valence-corrected chi connectivity index (χ4v) is 2.77. The number of aliphatic hydroxyl groups is 1. The summed E-state index contributed by atoms with van der Waals surface area (Å²) in [5, 5.41) is 9.69. The third-order valence-corrected chi connectivity index (χ3v) is 3.43. The van der Waals surface area contributed by atoms with Gasteiger partial charge in [0.25, 0.3) is 5.95 Å². The molecule has 0 saturated carbocycles. The Bertz CT molecular complexity index is 383. The van der Waals surface area contributed by atoms with Gasteiger partial charge in [0, 0.05) is 11.6 Å². The highest BCUT2D eigenvalue weighted by atomic mass is 16.6. The second-order valence-electron chi connectivity index (χ2n) is 5.87. The Kier molecular flexibility index (Phi) is 3.17. The zero-order valence-corrected chi connectivity index (χ0v) is 11.4. The van der Waals surface area contributed by atoms with Crippen molar-refractivity contribution >= 4 is 6.09 Å². The first-order valence-electron chi connectivity index (χ1n) is 6.31. The molecule has 0 aromatic heterocycles. The number of nitrogens with zero attached hydrogens (tertiary/aromatic N) is 1. The highest BCUT2D eigenvalue weighted by molar-refractivity contribution is 5.71. The van der Waals surface area contributed by atoms with Crippen molar-refractivity contribution in [3.8, 4) is 0 Å². The van der Waals surface area contributed by atoms with Crippen LogP contribution in [0.1, 0.15) is 40.0 Å². The van der Waals surface area contributed by atoms with E-state index < -0.39 is 5.60 Å². The van der Waals surface area contributed by atoms with Crippen LogP contribution in [0.2, 0.25) is 0 Å². The highest BCUT2D eigenvalue weighted by Gasteiger charge is 2.48. The molecule has 2 aliphatic rings. The molecule has 2 heterocycles. The van der Waals surface area contributed by atoms with E-state index in [0.717, 1.165) is 18.4 Å². The van der Waals surface area contributed by atoms with E-state index in [9.17, 15) is 9.90 Å². The molecule has 2 atom stereocenters. The SMILES string of the molecule is CO/C(O)=C1\C[C@@H]2CC[C@H]1N2C(=O)OC(C)(C)C. The Balaban J connectivity index is 2.15. The number of fused-ring (bicyclic) bond motifs is 2. The molecule has 0 unspecified atom stereocenters. The second kappa shape index (κ2) is 4.37. The van der Waals surface area contributed by atoms with Crippen LogP contribution in [0.5, 0.6) is 0 Å². The van der Waals surface area contributed by atoms with Gasteiger partial charge in [-0.2, -0.15) is 0 Å². The maximum absolute atomic E-state index is 12.1. The Morgan fingerprint density at radius 3 is 2.61 bits per heavy atom. The third-order valence-electron chi connectivity index (χ3n) is 3.43. The number of hydrogen-bond donors (Lipinski definition) is 1. The van der Waals surface area contributed by atoms with Crippen LogP contribution in [0.25, 0.3) is 0 Å². The van der Waals surface area contributed by atoms with Gasteiger partial charge >= 0.3 is 6.09 Å². The molecule has 2 saturated heterocycles. The molecule has 2 fully saturated rings. The minimum Gasteiger partial charge on any atom is -0.481 e. The summed E-state index contributed by atoms with van der Waals surface area (Å²) in [4.78, 5) is 13.9. The van der Waals surface area contributed by atoms with E-state index in [1.807, 2.05) is 20.8 Å². The van der Waals surface area contributed by atoms with Gasteiger partial charge in [-0.25, -0.2) is 4.79 Å². The number of ether oxygens (including phenoxy) is 2. The normalized spacial score (nSPS) is 29.4. The number of carbonyl (C=O) groups is 1. The van der Waals surface area contributed by atoms with Crippen LogP contribution in [0.15, 0.2) is 11.5 Å². The van der Waals surface area contributed by atoms with Crippen LogP contribution in [0.4, 0.5) is 4.79 Å². The number of aliphatic hydroxyl groups excluding tert-OH is 1. The first-order valence-corrected chi connectivity index (χ1v) is 6.31. The Hall–Kier alpha value is -1.39. The van der Waals surface area contributed by atoms with Gasteiger partial charge in [0.15, 0.2) is 0 Å². The largest absolute Gasteiger partial charge is 0.481 e. The summed E-state index contributed by atoms with van der Waals surface area (Å²) in [5.74, 6) is -0.0456. The smallest absolute Gasteiger partial charge is 0.411 e. The Labute approximate surface area is 107 Å². The first kappa shape index (κ1) is 13.1. The van der Waals surface area contributed by atoms with Crippen LogP contribution in [-0.4, -0.2) is 40.9 Å². The van der Waals surface area contributed by atoms with Gasteiger partial charge in [-0.1, -0.05) is 0 Å². The van der Waals surface area contributed by atoms with Crippen molar-refractivity contribution in [3.05, 3.63) is 11.5 Å². The average Bonchev–Trinajstić information content (AvgIpc) is 2.82. The molecule has 102 valence electrons.